The van der Waals surface area contributed by atoms with Gasteiger partial charge in [0.1, 0.15) is 6.10 Å². The molecule has 0 aromatic carbocycles. The van der Waals surface area contributed by atoms with Crippen LogP contribution in [0, 0.1) is 16.0 Å². The highest BCUT2D eigenvalue weighted by molar-refractivity contribution is 5.70. The molecule has 0 radical (unpaired) electrons. The van der Waals surface area contributed by atoms with Crippen molar-refractivity contribution in [3.8, 4) is 0 Å². The lowest BCUT2D eigenvalue weighted by atomic mass is 10.1. The molecule has 0 aromatic rings. The molecular weight excluding hydrogens is 194 g/mol. The Morgan fingerprint density at radius 3 is 2.50 bits per heavy atom. The Balaban J connectivity index is 2.57. The predicted molar refractivity (Wildman–Crippen MR) is 43.0 cm³/mol. The molecule has 7 heteroatoms. The molecule has 0 heterocycles. The fourth-order valence-electron chi connectivity index (χ4n) is 1.63. The van der Waals surface area contributed by atoms with Gasteiger partial charge in [0.25, 0.3) is 5.09 Å². The first-order valence-corrected chi connectivity index (χ1v) is 4.11. The van der Waals surface area contributed by atoms with E-state index in [9.17, 15) is 14.9 Å². The molecule has 80 valence electrons. The second-order valence-corrected chi connectivity index (χ2v) is 3.15. The first kappa shape index (κ1) is 10.7. The SMILES string of the molecule is CO[C@@H]1CC(C(=O)O)C[C@H]1O[N+](=O)[O-]. The van der Waals surface area contributed by atoms with Crippen molar-refractivity contribution in [3.05, 3.63) is 10.1 Å². The van der Waals surface area contributed by atoms with E-state index < -0.39 is 29.2 Å². The van der Waals surface area contributed by atoms with Crippen LogP contribution in [0.4, 0.5) is 0 Å². The van der Waals surface area contributed by atoms with Crippen LogP contribution in [0.3, 0.4) is 0 Å². The third kappa shape index (κ3) is 2.32. The molecule has 14 heavy (non-hydrogen) atoms. The Kier molecular flexibility index (Phi) is 3.23. The standard InChI is InChI=1S/C7H11NO6/c1-13-5-2-4(7(9)10)3-6(5)14-8(11)12/h4-6H,2-3H2,1H3,(H,9,10)/t4?,5-,6-/m1/s1. The second-order valence-electron chi connectivity index (χ2n) is 3.15. The fourth-order valence-corrected chi connectivity index (χ4v) is 1.63. The molecule has 0 bridgehead atoms. The van der Waals surface area contributed by atoms with Gasteiger partial charge in [-0.05, 0) is 12.8 Å². The minimum atomic E-state index is -0.971. The summed E-state index contributed by atoms with van der Waals surface area (Å²) in [5.74, 6) is -1.59. The quantitative estimate of drug-likeness (QED) is 0.515. The van der Waals surface area contributed by atoms with Gasteiger partial charge in [-0.1, -0.05) is 0 Å². The van der Waals surface area contributed by atoms with Gasteiger partial charge in [0.15, 0.2) is 0 Å². The maximum atomic E-state index is 10.6. The van der Waals surface area contributed by atoms with Gasteiger partial charge in [-0.2, -0.15) is 0 Å². The Morgan fingerprint density at radius 2 is 2.07 bits per heavy atom. The van der Waals surface area contributed by atoms with Crippen LogP contribution in [0.5, 0.6) is 0 Å². The van der Waals surface area contributed by atoms with Crippen molar-refractivity contribution in [2.75, 3.05) is 7.11 Å². The van der Waals surface area contributed by atoms with Gasteiger partial charge in [-0.15, -0.1) is 10.1 Å². The maximum absolute atomic E-state index is 10.6. The van der Waals surface area contributed by atoms with Gasteiger partial charge in [0.2, 0.25) is 0 Å². The number of rotatable bonds is 4. The topological polar surface area (TPSA) is 98.9 Å². The highest BCUT2D eigenvalue weighted by Crippen LogP contribution is 2.30. The highest BCUT2D eigenvalue weighted by atomic mass is 17.0. The summed E-state index contributed by atoms with van der Waals surface area (Å²) >= 11 is 0. The molecule has 0 aliphatic heterocycles. The van der Waals surface area contributed by atoms with Crippen LogP contribution in [-0.4, -0.2) is 35.5 Å². The number of methoxy groups -OCH3 is 1. The number of hydrogen-bond acceptors (Lipinski definition) is 5. The van der Waals surface area contributed by atoms with Crippen LogP contribution in [0.15, 0.2) is 0 Å². The molecule has 0 amide bonds. The van der Waals surface area contributed by atoms with Crippen LogP contribution in [0.25, 0.3) is 0 Å². The number of aliphatic carboxylic acids is 1. The molecule has 1 aliphatic carbocycles. The first-order valence-electron chi connectivity index (χ1n) is 4.11. The van der Waals surface area contributed by atoms with E-state index in [1.54, 1.807) is 0 Å². The average molecular weight is 205 g/mol. The Hall–Kier alpha value is -1.37. The zero-order chi connectivity index (χ0) is 10.7. The summed E-state index contributed by atoms with van der Waals surface area (Å²) in [4.78, 5) is 25.0. The molecule has 7 nitrogen and oxygen atoms in total. The van der Waals surface area contributed by atoms with Crippen LogP contribution < -0.4 is 0 Å². The van der Waals surface area contributed by atoms with Gasteiger partial charge in [0, 0.05) is 7.11 Å². The van der Waals surface area contributed by atoms with Crippen molar-refractivity contribution in [2.45, 2.75) is 25.0 Å². The van der Waals surface area contributed by atoms with Gasteiger partial charge < -0.3 is 14.7 Å². The number of carboxylic acids is 1. The molecule has 0 spiro atoms. The lowest BCUT2D eigenvalue weighted by molar-refractivity contribution is -0.770. The molecule has 1 saturated carbocycles. The summed E-state index contributed by atoms with van der Waals surface area (Å²) < 4.78 is 4.91. The number of ether oxygens (including phenoxy) is 1. The van der Waals surface area contributed by atoms with Gasteiger partial charge >= 0.3 is 5.97 Å². The monoisotopic (exact) mass is 205 g/mol. The molecule has 1 N–H and O–H groups in total. The maximum Gasteiger partial charge on any atom is 0.306 e. The lowest BCUT2D eigenvalue weighted by Crippen LogP contribution is -2.27. The highest BCUT2D eigenvalue weighted by Gasteiger charge is 2.40. The van der Waals surface area contributed by atoms with Crippen molar-refractivity contribution in [1.29, 1.82) is 0 Å². The zero-order valence-electron chi connectivity index (χ0n) is 7.58. The molecule has 3 atom stereocenters. The first-order chi connectivity index (χ1) is 6.54. The summed E-state index contributed by atoms with van der Waals surface area (Å²) in [7, 11) is 1.38. The van der Waals surface area contributed by atoms with Crippen LogP contribution >= 0.6 is 0 Å². The fraction of sp³-hybridized carbons (Fsp3) is 0.857. The van der Waals surface area contributed by atoms with E-state index in [4.69, 9.17) is 9.84 Å². The summed E-state index contributed by atoms with van der Waals surface area (Å²) in [5, 5.41) is 17.9. The van der Waals surface area contributed by atoms with Gasteiger partial charge in [-0.25, -0.2) is 0 Å². The minimum absolute atomic E-state index is 0.120. The van der Waals surface area contributed by atoms with E-state index in [0.29, 0.717) is 0 Å². The Labute approximate surface area is 79.7 Å². The largest absolute Gasteiger partial charge is 0.481 e. The number of nitrogens with zero attached hydrogens (tertiary/aromatic N) is 1. The molecule has 1 fully saturated rings. The van der Waals surface area contributed by atoms with E-state index in [2.05, 4.69) is 4.84 Å². The smallest absolute Gasteiger partial charge is 0.306 e. The molecule has 1 unspecified atom stereocenters. The second kappa shape index (κ2) is 4.23. The number of carbonyl (C=O) groups is 1. The van der Waals surface area contributed by atoms with Crippen LogP contribution in [0.2, 0.25) is 0 Å². The van der Waals surface area contributed by atoms with E-state index in [0.717, 1.165) is 0 Å². The van der Waals surface area contributed by atoms with E-state index in [-0.39, 0.29) is 12.8 Å². The van der Waals surface area contributed by atoms with E-state index >= 15 is 0 Å². The lowest BCUT2D eigenvalue weighted by Gasteiger charge is -2.14. The summed E-state index contributed by atoms with van der Waals surface area (Å²) in [6.07, 6.45) is -0.906. The van der Waals surface area contributed by atoms with Crippen molar-refractivity contribution < 1.29 is 24.6 Å². The van der Waals surface area contributed by atoms with Crippen molar-refractivity contribution in [2.24, 2.45) is 5.92 Å². The molecule has 1 aliphatic rings. The van der Waals surface area contributed by atoms with Crippen LogP contribution in [0.1, 0.15) is 12.8 Å². The third-order valence-corrected chi connectivity index (χ3v) is 2.32. The third-order valence-electron chi connectivity index (χ3n) is 2.32. The number of hydrogen-bond donors (Lipinski definition) is 1. The van der Waals surface area contributed by atoms with Gasteiger partial charge in [-0.3, -0.25) is 4.79 Å². The van der Waals surface area contributed by atoms with Crippen molar-refractivity contribution in [1.82, 2.24) is 0 Å². The number of carboxylic acid groups (broad SMARTS) is 1. The normalized spacial score (nSPS) is 31.4. The molecule has 1 rings (SSSR count). The van der Waals surface area contributed by atoms with Crippen molar-refractivity contribution in [3.63, 3.8) is 0 Å². The Morgan fingerprint density at radius 1 is 1.50 bits per heavy atom. The van der Waals surface area contributed by atoms with E-state index in [1.807, 2.05) is 0 Å². The Bertz CT molecular complexity index is 242. The molecule has 0 aromatic heterocycles. The average Bonchev–Trinajstić information content (AvgIpc) is 2.46. The van der Waals surface area contributed by atoms with Crippen LogP contribution in [-0.2, 0) is 14.4 Å². The molecule has 0 saturated heterocycles. The summed E-state index contributed by atoms with van der Waals surface area (Å²) in [6.45, 7) is 0. The summed E-state index contributed by atoms with van der Waals surface area (Å²) in [5.41, 5.74) is 0. The zero-order valence-corrected chi connectivity index (χ0v) is 7.58. The summed E-state index contributed by atoms with van der Waals surface area (Å²) in [6, 6.07) is 0. The molecular formula is C7H11NO6. The van der Waals surface area contributed by atoms with Gasteiger partial charge in [0.05, 0.1) is 12.0 Å². The predicted octanol–water partition coefficient (Wildman–Crippen LogP) is 0.0729. The van der Waals surface area contributed by atoms with Crippen molar-refractivity contribution >= 4 is 5.97 Å². The minimum Gasteiger partial charge on any atom is -0.481 e. The van der Waals surface area contributed by atoms with E-state index in [1.165, 1.54) is 7.11 Å².